The first-order chi connectivity index (χ1) is 12.2. The van der Waals surface area contributed by atoms with E-state index in [0.29, 0.717) is 0 Å². The van der Waals surface area contributed by atoms with Crippen molar-refractivity contribution in [2.45, 2.75) is 20.3 Å². The van der Waals surface area contributed by atoms with Gasteiger partial charge in [-0.1, -0.05) is 37.3 Å². The number of aldehydes is 1. The summed E-state index contributed by atoms with van der Waals surface area (Å²) in [6.45, 7) is 7.73. The van der Waals surface area contributed by atoms with Crippen LogP contribution < -0.4 is 10.6 Å². The maximum absolute atomic E-state index is 10.5. The molecule has 1 aliphatic carbocycles. The second kappa shape index (κ2) is 17.3. The van der Waals surface area contributed by atoms with E-state index in [4.69, 9.17) is 4.74 Å². The molecule has 0 aliphatic heterocycles. The molecule has 1 heterocycles. The van der Waals surface area contributed by atoms with E-state index in [9.17, 15) is 4.79 Å². The second-order valence-corrected chi connectivity index (χ2v) is 5.99. The lowest BCUT2D eigenvalue weighted by molar-refractivity contribution is 0.112. The molecule has 2 N–H and O–H groups in total. The van der Waals surface area contributed by atoms with Crippen LogP contribution in [0.25, 0.3) is 5.57 Å². The number of ether oxygens (including phenoxy) is 1. The van der Waals surface area contributed by atoms with Crippen LogP contribution in [0.3, 0.4) is 0 Å². The van der Waals surface area contributed by atoms with Crippen molar-refractivity contribution in [1.82, 2.24) is 10.6 Å². The molecule has 4 nitrogen and oxygen atoms in total. The van der Waals surface area contributed by atoms with Crippen LogP contribution in [0.4, 0.5) is 0 Å². The van der Waals surface area contributed by atoms with Gasteiger partial charge in [0.1, 0.15) is 0 Å². The molecule has 140 valence electrons. The maximum atomic E-state index is 10.5. The number of rotatable bonds is 7. The Hall–Kier alpha value is -1.53. The van der Waals surface area contributed by atoms with E-state index in [1.54, 1.807) is 0 Å². The average molecular weight is 365 g/mol. The molecule has 0 fully saturated rings. The highest BCUT2D eigenvalue weighted by Crippen LogP contribution is 2.23. The van der Waals surface area contributed by atoms with Gasteiger partial charge in [0, 0.05) is 13.2 Å². The summed E-state index contributed by atoms with van der Waals surface area (Å²) in [6.07, 6.45) is 12.3. The molecule has 0 amide bonds. The number of carbonyl (C=O) groups excluding carboxylic acids is 1. The number of thiophene rings is 1. The fourth-order valence-corrected chi connectivity index (χ4v) is 2.40. The van der Waals surface area contributed by atoms with Gasteiger partial charge < -0.3 is 15.4 Å². The Morgan fingerprint density at radius 3 is 2.56 bits per heavy atom. The summed E-state index contributed by atoms with van der Waals surface area (Å²) in [5.41, 5.74) is 2.33. The fraction of sp³-hybridized carbons (Fsp3) is 0.450. The highest BCUT2D eigenvalue weighted by molar-refractivity contribution is 7.11. The van der Waals surface area contributed by atoms with Crippen LogP contribution >= 0.6 is 11.3 Å². The van der Waals surface area contributed by atoms with Gasteiger partial charge in [-0.15, -0.1) is 11.3 Å². The SMILES string of the molecule is CCNC.CCOCCNC.O=Cc1cc(C2=CCC=CC=C2)cs1. The maximum Gasteiger partial charge on any atom is 0.160 e. The van der Waals surface area contributed by atoms with Crippen molar-refractivity contribution in [1.29, 1.82) is 0 Å². The summed E-state index contributed by atoms with van der Waals surface area (Å²) in [4.78, 5) is 11.3. The Labute approximate surface area is 156 Å². The summed E-state index contributed by atoms with van der Waals surface area (Å²) in [5, 5.41) is 7.93. The molecule has 2 rings (SSSR count). The monoisotopic (exact) mass is 364 g/mol. The van der Waals surface area contributed by atoms with Crippen LogP contribution in [0.2, 0.25) is 0 Å². The Kier molecular flexibility index (Phi) is 16.2. The van der Waals surface area contributed by atoms with E-state index in [0.717, 1.165) is 49.5 Å². The first-order valence-electron chi connectivity index (χ1n) is 8.67. The molecule has 1 aromatic rings. The first kappa shape index (κ1) is 23.5. The zero-order valence-electron chi connectivity index (χ0n) is 15.9. The van der Waals surface area contributed by atoms with Gasteiger partial charge in [0.15, 0.2) is 6.29 Å². The summed E-state index contributed by atoms with van der Waals surface area (Å²) in [7, 11) is 3.85. The van der Waals surface area contributed by atoms with Gasteiger partial charge in [-0.2, -0.15) is 0 Å². The number of nitrogens with one attached hydrogen (secondary N) is 2. The van der Waals surface area contributed by atoms with E-state index >= 15 is 0 Å². The van der Waals surface area contributed by atoms with Gasteiger partial charge in [-0.05, 0) is 56.6 Å². The van der Waals surface area contributed by atoms with Crippen LogP contribution in [-0.4, -0.2) is 46.7 Å². The van der Waals surface area contributed by atoms with Crippen molar-refractivity contribution in [3.05, 3.63) is 52.3 Å². The van der Waals surface area contributed by atoms with Gasteiger partial charge in [-0.25, -0.2) is 0 Å². The summed E-state index contributed by atoms with van der Waals surface area (Å²) >= 11 is 1.49. The zero-order chi connectivity index (χ0) is 18.8. The molecule has 0 bridgehead atoms. The predicted molar refractivity (Wildman–Crippen MR) is 111 cm³/mol. The smallest absolute Gasteiger partial charge is 0.160 e. The minimum absolute atomic E-state index is 0.784. The highest BCUT2D eigenvalue weighted by Gasteiger charge is 2.02. The molecule has 0 spiro atoms. The average Bonchev–Trinajstić information content (AvgIpc) is 2.97. The molecular weight excluding hydrogens is 332 g/mol. The van der Waals surface area contributed by atoms with Crippen LogP contribution in [0, 0.1) is 0 Å². The van der Waals surface area contributed by atoms with E-state index < -0.39 is 0 Å². The molecule has 1 aliphatic rings. The van der Waals surface area contributed by atoms with Gasteiger partial charge in [0.05, 0.1) is 11.5 Å². The summed E-state index contributed by atoms with van der Waals surface area (Å²) in [5.74, 6) is 0. The van der Waals surface area contributed by atoms with E-state index in [1.165, 1.54) is 16.9 Å². The van der Waals surface area contributed by atoms with E-state index in [2.05, 4.69) is 35.8 Å². The predicted octanol–water partition coefficient (Wildman–Crippen LogP) is 3.93. The molecular formula is C20H32N2O2S. The number of hydrogen-bond donors (Lipinski definition) is 2. The van der Waals surface area contributed by atoms with Crippen LogP contribution in [0.1, 0.15) is 35.5 Å². The molecule has 1 aromatic heterocycles. The Balaban J connectivity index is 0.000000442. The molecule has 25 heavy (non-hydrogen) atoms. The molecule has 0 radical (unpaired) electrons. The second-order valence-electron chi connectivity index (χ2n) is 5.05. The fourth-order valence-electron chi connectivity index (χ4n) is 1.68. The molecule has 5 heteroatoms. The van der Waals surface area contributed by atoms with Crippen molar-refractivity contribution >= 4 is 23.2 Å². The van der Waals surface area contributed by atoms with Crippen molar-refractivity contribution in [2.75, 3.05) is 40.4 Å². The molecule has 0 unspecified atom stereocenters. The third-order valence-corrected chi connectivity index (χ3v) is 3.98. The number of allylic oxidation sites excluding steroid dienone is 6. The highest BCUT2D eigenvalue weighted by atomic mass is 32.1. The standard InChI is InChI=1S/C12H10OS.C5H13NO.C3H9N/c13-8-12-7-11(9-14-12)10-5-3-1-2-4-6-10;1-3-7-5-4-6-2;1-3-4-2/h1-3,5-9H,4H2;6H,3-5H2,1-2H3;4H,3H2,1-2H3. The Bertz CT molecular complexity index is 528. The first-order valence-corrected chi connectivity index (χ1v) is 9.55. The topological polar surface area (TPSA) is 50.4 Å². The molecule has 0 saturated heterocycles. The van der Waals surface area contributed by atoms with Crippen LogP contribution in [-0.2, 0) is 4.74 Å². The quantitative estimate of drug-likeness (QED) is 0.569. The van der Waals surface area contributed by atoms with Gasteiger partial charge >= 0.3 is 0 Å². The van der Waals surface area contributed by atoms with E-state index in [-0.39, 0.29) is 0 Å². The van der Waals surface area contributed by atoms with Gasteiger partial charge in [-0.3, -0.25) is 4.79 Å². The molecule has 0 atom stereocenters. The van der Waals surface area contributed by atoms with Crippen molar-refractivity contribution in [3.63, 3.8) is 0 Å². The summed E-state index contributed by atoms with van der Waals surface area (Å²) < 4.78 is 5.01. The lowest BCUT2D eigenvalue weighted by atomic mass is 10.1. The lowest BCUT2D eigenvalue weighted by Crippen LogP contribution is -2.13. The minimum Gasteiger partial charge on any atom is -0.380 e. The molecule has 0 aromatic carbocycles. The number of hydrogen-bond acceptors (Lipinski definition) is 5. The van der Waals surface area contributed by atoms with Gasteiger partial charge in [0.2, 0.25) is 0 Å². The number of carbonyl (C=O) groups is 1. The van der Waals surface area contributed by atoms with Crippen LogP contribution in [0.15, 0.2) is 41.8 Å². The van der Waals surface area contributed by atoms with E-state index in [1.807, 2.05) is 44.6 Å². The lowest BCUT2D eigenvalue weighted by Gasteiger charge is -1.96. The summed E-state index contributed by atoms with van der Waals surface area (Å²) in [6, 6.07) is 1.93. The minimum atomic E-state index is 0.784. The number of likely N-dealkylation sites (N-methyl/N-ethyl adjacent to an activating group) is 1. The normalized spacial score (nSPS) is 12.2. The zero-order valence-corrected chi connectivity index (χ0v) is 16.7. The van der Waals surface area contributed by atoms with Crippen LogP contribution in [0.5, 0.6) is 0 Å². The van der Waals surface area contributed by atoms with Gasteiger partial charge in [0.25, 0.3) is 0 Å². The largest absolute Gasteiger partial charge is 0.380 e. The third kappa shape index (κ3) is 12.5. The van der Waals surface area contributed by atoms with Crippen molar-refractivity contribution < 1.29 is 9.53 Å². The third-order valence-electron chi connectivity index (χ3n) is 3.12. The Morgan fingerprint density at radius 1 is 1.24 bits per heavy atom. The van der Waals surface area contributed by atoms with Crippen molar-refractivity contribution in [2.24, 2.45) is 0 Å². The Morgan fingerprint density at radius 2 is 2.00 bits per heavy atom. The molecule has 0 saturated carbocycles. The van der Waals surface area contributed by atoms with Crippen molar-refractivity contribution in [3.8, 4) is 0 Å².